The van der Waals surface area contributed by atoms with E-state index in [0.29, 0.717) is 4.57 Å². The van der Waals surface area contributed by atoms with Crippen LogP contribution in [0.3, 0.4) is 0 Å². The number of hydrogen-bond acceptors (Lipinski definition) is 6. The minimum absolute atomic E-state index is 0.0635. The molecule has 1 atom stereocenters. The van der Waals surface area contributed by atoms with E-state index < -0.39 is 40.8 Å². The van der Waals surface area contributed by atoms with Gasteiger partial charge in [0.2, 0.25) is 0 Å². The number of rotatable bonds is 5. The van der Waals surface area contributed by atoms with Crippen LogP contribution in [0.5, 0.6) is 0 Å². The van der Waals surface area contributed by atoms with Crippen molar-refractivity contribution in [1.82, 2.24) is 19.0 Å². The highest BCUT2D eigenvalue weighted by atomic mass is 35.5. The molecule has 0 aliphatic carbocycles. The number of benzene rings is 1. The van der Waals surface area contributed by atoms with Crippen molar-refractivity contribution >= 4 is 35.7 Å². The molecule has 2 aromatic rings. The molecular formula is C18H20ClFN4O5S. The Bertz CT molecular complexity index is 1160. The van der Waals surface area contributed by atoms with Gasteiger partial charge >= 0.3 is 17.3 Å². The molecule has 0 fully saturated rings. The van der Waals surface area contributed by atoms with Crippen LogP contribution in [0.2, 0.25) is 5.02 Å². The van der Waals surface area contributed by atoms with Gasteiger partial charge in [0.25, 0.3) is 5.91 Å². The van der Waals surface area contributed by atoms with Gasteiger partial charge in [-0.3, -0.25) is 13.9 Å². The van der Waals surface area contributed by atoms with Crippen LogP contribution in [0.15, 0.2) is 21.7 Å². The highest BCUT2D eigenvalue weighted by Gasteiger charge is 2.27. The van der Waals surface area contributed by atoms with E-state index in [2.05, 4.69) is 10.1 Å². The van der Waals surface area contributed by atoms with Crippen molar-refractivity contribution in [3.05, 3.63) is 54.3 Å². The second-order valence-electron chi connectivity index (χ2n) is 6.80. The zero-order valence-corrected chi connectivity index (χ0v) is 18.4. The number of ether oxygens (including phenoxy) is 1. The minimum Gasteiger partial charge on any atom is -0.467 e. The van der Waals surface area contributed by atoms with Crippen molar-refractivity contribution in [2.24, 2.45) is 20.0 Å². The first-order chi connectivity index (χ1) is 13.9. The third-order valence-corrected chi connectivity index (χ3v) is 5.32. The summed E-state index contributed by atoms with van der Waals surface area (Å²) in [6, 6.07) is 0.787. The molecule has 162 valence electrons. The first kappa shape index (κ1) is 23.5. The van der Waals surface area contributed by atoms with Gasteiger partial charge in [0, 0.05) is 14.1 Å². The zero-order chi connectivity index (χ0) is 22.9. The predicted molar refractivity (Wildman–Crippen MR) is 110 cm³/mol. The van der Waals surface area contributed by atoms with Gasteiger partial charge in [0.05, 0.1) is 23.4 Å². The first-order valence-corrected chi connectivity index (χ1v) is 9.48. The van der Waals surface area contributed by atoms with Crippen LogP contribution in [0.25, 0.3) is 5.69 Å². The number of aromatic nitrogens is 3. The normalized spacial score (nSPS) is 12.0. The number of hydrogen-bond donors (Lipinski definition) is 1. The Morgan fingerprint density at radius 1 is 1.17 bits per heavy atom. The summed E-state index contributed by atoms with van der Waals surface area (Å²) in [5, 5.41) is 2.20. The van der Waals surface area contributed by atoms with Crippen molar-refractivity contribution in [2.75, 3.05) is 7.11 Å². The van der Waals surface area contributed by atoms with E-state index in [9.17, 15) is 23.6 Å². The van der Waals surface area contributed by atoms with E-state index in [1.807, 2.05) is 0 Å². The number of carbonyl (C=O) groups excluding carboxylic acids is 2. The van der Waals surface area contributed by atoms with E-state index >= 15 is 0 Å². The molecule has 1 heterocycles. The van der Waals surface area contributed by atoms with Gasteiger partial charge in [-0.15, -0.1) is 0 Å². The van der Waals surface area contributed by atoms with Gasteiger partial charge in [-0.05, 0) is 30.3 Å². The largest absolute Gasteiger partial charge is 0.467 e. The number of methoxy groups -OCH3 is 1. The predicted octanol–water partition coefficient (Wildman–Crippen LogP) is 1.32. The molecule has 0 aliphatic heterocycles. The lowest BCUT2D eigenvalue weighted by Gasteiger charge is -2.20. The van der Waals surface area contributed by atoms with Crippen LogP contribution < -0.4 is 16.7 Å². The Morgan fingerprint density at radius 3 is 2.17 bits per heavy atom. The molecule has 0 spiro atoms. The summed E-state index contributed by atoms with van der Waals surface area (Å²) >= 11 is 11.0. The van der Waals surface area contributed by atoms with Crippen molar-refractivity contribution in [1.29, 1.82) is 0 Å². The van der Waals surface area contributed by atoms with Crippen LogP contribution in [0, 0.1) is 16.5 Å². The quantitative estimate of drug-likeness (QED) is 0.535. The molecule has 9 nitrogen and oxygen atoms in total. The summed E-state index contributed by atoms with van der Waals surface area (Å²) in [5.41, 5.74) is -2.52. The molecule has 0 aliphatic rings. The minimum atomic E-state index is -0.999. The van der Waals surface area contributed by atoms with Crippen molar-refractivity contribution in [2.45, 2.75) is 19.9 Å². The molecule has 1 aromatic carbocycles. The Balaban J connectivity index is 2.67. The summed E-state index contributed by atoms with van der Waals surface area (Å²) in [6.45, 7) is 3.39. The fraction of sp³-hybridized carbons (Fsp3) is 0.389. The van der Waals surface area contributed by atoms with Crippen LogP contribution in [0.1, 0.15) is 24.2 Å². The molecule has 1 aromatic heterocycles. The smallest absolute Gasteiger partial charge is 0.338 e. The maximum atomic E-state index is 14.6. The van der Waals surface area contributed by atoms with Crippen LogP contribution in [0.4, 0.5) is 4.39 Å². The maximum Gasteiger partial charge on any atom is 0.338 e. The molecular weight excluding hydrogens is 439 g/mol. The molecule has 0 saturated heterocycles. The number of esters is 1. The van der Waals surface area contributed by atoms with Crippen molar-refractivity contribution in [3.8, 4) is 5.69 Å². The fourth-order valence-electron chi connectivity index (χ4n) is 2.70. The van der Waals surface area contributed by atoms with Crippen LogP contribution in [-0.2, 0) is 23.6 Å². The Kier molecular flexibility index (Phi) is 6.99. The first-order valence-electron chi connectivity index (χ1n) is 8.69. The van der Waals surface area contributed by atoms with E-state index in [1.165, 1.54) is 21.2 Å². The molecule has 12 heteroatoms. The topological polar surface area (TPSA) is 104 Å². The lowest BCUT2D eigenvalue weighted by atomic mass is 10.0. The zero-order valence-electron chi connectivity index (χ0n) is 16.9. The standard InChI is InChI=1S/C18H20ClFN4O5S/c1-8(2)13(15(26)29-5)21-14(25)9-6-12(11(20)7-10(9)19)24-16(27)22(3)18(30)23(4)17(24)28/h6-8,13H,1-5H3,(H,21,25). The van der Waals surface area contributed by atoms with Gasteiger partial charge in [-0.2, -0.15) is 0 Å². The lowest BCUT2D eigenvalue weighted by Crippen LogP contribution is -2.45. The lowest BCUT2D eigenvalue weighted by molar-refractivity contribution is -0.144. The Morgan fingerprint density at radius 2 is 1.70 bits per heavy atom. The fourth-order valence-corrected chi connectivity index (χ4v) is 3.10. The molecule has 0 bridgehead atoms. The van der Waals surface area contributed by atoms with Crippen molar-refractivity contribution < 1.29 is 18.7 Å². The number of nitrogens with zero attached hydrogens (tertiary/aromatic N) is 3. The van der Waals surface area contributed by atoms with Gasteiger partial charge < -0.3 is 10.1 Å². The number of nitrogens with one attached hydrogen (secondary N) is 1. The summed E-state index contributed by atoms with van der Waals surface area (Å²) in [6.07, 6.45) is 0. The monoisotopic (exact) mass is 458 g/mol. The maximum absolute atomic E-state index is 14.6. The molecule has 0 saturated carbocycles. The average Bonchev–Trinajstić information content (AvgIpc) is 2.69. The summed E-state index contributed by atoms with van der Waals surface area (Å²) < 4.78 is 21.8. The molecule has 2 rings (SSSR count). The molecule has 30 heavy (non-hydrogen) atoms. The SMILES string of the molecule is COC(=O)C(NC(=O)c1cc(-n2c(=O)n(C)c(=S)n(C)c2=O)c(F)cc1Cl)C(C)C. The van der Waals surface area contributed by atoms with E-state index in [-0.39, 0.29) is 21.3 Å². The third-order valence-electron chi connectivity index (χ3n) is 4.46. The van der Waals surface area contributed by atoms with Crippen LogP contribution in [-0.4, -0.2) is 38.7 Å². The van der Waals surface area contributed by atoms with Crippen LogP contribution >= 0.6 is 23.8 Å². The molecule has 1 N–H and O–H groups in total. The molecule has 0 radical (unpaired) electrons. The summed E-state index contributed by atoms with van der Waals surface area (Å²) in [5.74, 6) is -2.79. The van der Waals surface area contributed by atoms with E-state index in [0.717, 1.165) is 21.3 Å². The van der Waals surface area contributed by atoms with Gasteiger partial charge in [0.15, 0.2) is 4.77 Å². The number of halogens is 2. The Hall–Kier alpha value is -2.79. The number of amides is 1. The van der Waals surface area contributed by atoms with E-state index in [4.69, 9.17) is 23.8 Å². The van der Waals surface area contributed by atoms with E-state index in [1.54, 1.807) is 13.8 Å². The third kappa shape index (κ3) is 4.21. The number of carbonyl (C=O) groups is 2. The molecule has 1 unspecified atom stereocenters. The summed E-state index contributed by atoms with van der Waals surface area (Å²) in [7, 11) is 3.83. The van der Waals surface area contributed by atoms with Gasteiger partial charge in [0.1, 0.15) is 11.9 Å². The second-order valence-corrected chi connectivity index (χ2v) is 7.58. The highest BCUT2D eigenvalue weighted by molar-refractivity contribution is 7.71. The second kappa shape index (κ2) is 8.92. The molecule has 1 amide bonds. The van der Waals surface area contributed by atoms with Crippen molar-refractivity contribution in [3.63, 3.8) is 0 Å². The average molecular weight is 459 g/mol. The summed E-state index contributed by atoms with van der Waals surface area (Å²) in [4.78, 5) is 49.8. The Labute approximate surface area is 180 Å². The van der Waals surface area contributed by atoms with Gasteiger partial charge in [-0.25, -0.2) is 23.3 Å². The van der Waals surface area contributed by atoms with Gasteiger partial charge in [-0.1, -0.05) is 25.4 Å². The highest BCUT2D eigenvalue weighted by Crippen LogP contribution is 2.23.